The van der Waals surface area contributed by atoms with Crippen molar-refractivity contribution in [3.63, 3.8) is 0 Å². The average Bonchev–Trinajstić information content (AvgIpc) is 2.34. The largest absolute Gasteiger partial charge is 0.370 e. The predicted molar refractivity (Wildman–Crippen MR) is 70.2 cm³/mol. The first kappa shape index (κ1) is 14.8. The summed E-state index contributed by atoms with van der Waals surface area (Å²) in [4.78, 5) is 11.9. The van der Waals surface area contributed by atoms with Crippen LogP contribution < -0.4 is 0 Å². The maximum atomic E-state index is 12.7. The van der Waals surface area contributed by atoms with Crippen molar-refractivity contribution in [2.45, 2.75) is 39.7 Å². The highest BCUT2D eigenvalue weighted by Crippen LogP contribution is 2.09. The molecule has 0 aliphatic carbocycles. The molecular formula is C15H21FO2. The minimum Gasteiger partial charge on any atom is -0.370 e. The van der Waals surface area contributed by atoms with Crippen molar-refractivity contribution in [1.29, 1.82) is 0 Å². The van der Waals surface area contributed by atoms with Crippen LogP contribution in [0.25, 0.3) is 0 Å². The summed E-state index contributed by atoms with van der Waals surface area (Å²) in [5.74, 6) is 0.216. The highest BCUT2D eigenvalue weighted by Gasteiger charge is 2.15. The molecule has 2 nitrogen and oxygen atoms in total. The minimum absolute atomic E-state index is 0.0976. The fourth-order valence-corrected chi connectivity index (χ4v) is 1.68. The lowest BCUT2D eigenvalue weighted by Gasteiger charge is -2.12. The molecule has 0 bridgehead atoms. The van der Waals surface area contributed by atoms with Crippen LogP contribution in [0.1, 0.15) is 44.0 Å². The standard InChI is InChI=1S/C15H21FO2/c1-11(2)5-4-10-18-12(3)15(17)13-6-8-14(16)9-7-13/h6-9,11-12H,4-5,10H2,1-3H3. The zero-order chi connectivity index (χ0) is 13.5. The van der Waals surface area contributed by atoms with E-state index in [1.165, 1.54) is 24.3 Å². The second-order valence-corrected chi connectivity index (χ2v) is 4.92. The molecule has 1 unspecified atom stereocenters. The SMILES string of the molecule is CC(C)CCCOC(C)C(=O)c1ccc(F)cc1. The van der Waals surface area contributed by atoms with Gasteiger partial charge in [0.15, 0.2) is 5.78 Å². The number of hydrogen-bond donors (Lipinski definition) is 0. The molecule has 0 aliphatic rings. The molecule has 0 saturated carbocycles. The second-order valence-electron chi connectivity index (χ2n) is 4.92. The van der Waals surface area contributed by atoms with Gasteiger partial charge in [0, 0.05) is 12.2 Å². The first-order valence-electron chi connectivity index (χ1n) is 6.42. The molecule has 0 spiro atoms. The lowest BCUT2D eigenvalue weighted by atomic mass is 10.1. The smallest absolute Gasteiger partial charge is 0.191 e. The number of Topliss-reactive ketones (excluding diaryl/α,β-unsaturated/α-hetero) is 1. The van der Waals surface area contributed by atoms with Crippen LogP contribution in [-0.4, -0.2) is 18.5 Å². The van der Waals surface area contributed by atoms with Crippen LogP contribution in [0.2, 0.25) is 0 Å². The molecule has 0 saturated heterocycles. The zero-order valence-corrected chi connectivity index (χ0v) is 11.3. The molecular weight excluding hydrogens is 231 g/mol. The van der Waals surface area contributed by atoms with Gasteiger partial charge in [-0.3, -0.25) is 4.79 Å². The van der Waals surface area contributed by atoms with Gasteiger partial charge in [-0.15, -0.1) is 0 Å². The summed E-state index contributed by atoms with van der Waals surface area (Å²) in [6, 6.07) is 5.56. The summed E-state index contributed by atoms with van der Waals surface area (Å²) in [7, 11) is 0. The van der Waals surface area contributed by atoms with E-state index in [4.69, 9.17) is 4.74 Å². The van der Waals surface area contributed by atoms with Gasteiger partial charge in [-0.05, 0) is 49.9 Å². The zero-order valence-electron chi connectivity index (χ0n) is 11.3. The fourth-order valence-electron chi connectivity index (χ4n) is 1.68. The first-order valence-corrected chi connectivity index (χ1v) is 6.42. The molecule has 1 aromatic rings. The van der Waals surface area contributed by atoms with Crippen LogP contribution in [0, 0.1) is 11.7 Å². The van der Waals surface area contributed by atoms with E-state index >= 15 is 0 Å². The number of carbonyl (C=O) groups is 1. The summed E-state index contributed by atoms with van der Waals surface area (Å²) < 4.78 is 18.2. The Hall–Kier alpha value is -1.22. The molecule has 0 N–H and O–H groups in total. The van der Waals surface area contributed by atoms with Crippen molar-refractivity contribution in [2.75, 3.05) is 6.61 Å². The summed E-state index contributed by atoms with van der Waals surface area (Å²) in [6.07, 6.45) is 1.58. The Morgan fingerprint density at radius 3 is 2.39 bits per heavy atom. The third kappa shape index (κ3) is 4.96. The van der Waals surface area contributed by atoms with Crippen molar-refractivity contribution in [1.82, 2.24) is 0 Å². The molecule has 0 amide bonds. The lowest BCUT2D eigenvalue weighted by Crippen LogP contribution is -2.21. The number of carbonyl (C=O) groups excluding carboxylic acids is 1. The monoisotopic (exact) mass is 252 g/mol. The Labute approximate surface area is 108 Å². The molecule has 0 fully saturated rings. The molecule has 0 heterocycles. The van der Waals surface area contributed by atoms with E-state index in [1.807, 2.05) is 0 Å². The number of benzene rings is 1. The predicted octanol–water partition coefficient (Wildman–Crippen LogP) is 3.85. The van der Waals surface area contributed by atoms with Crippen molar-refractivity contribution in [2.24, 2.45) is 5.92 Å². The van der Waals surface area contributed by atoms with Crippen LogP contribution in [-0.2, 0) is 4.74 Å². The Morgan fingerprint density at radius 1 is 1.22 bits per heavy atom. The lowest BCUT2D eigenvalue weighted by molar-refractivity contribution is 0.0458. The Morgan fingerprint density at radius 2 is 1.83 bits per heavy atom. The molecule has 18 heavy (non-hydrogen) atoms. The van der Waals surface area contributed by atoms with Crippen molar-refractivity contribution in [3.05, 3.63) is 35.6 Å². The topological polar surface area (TPSA) is 26.3 Å². The highest BCUT2D eigenvalue weighted by molar-refractivity contribution is 5.99. The molecule has 0 aliphatic heterocycles. The maximum absolute atomic E-state index is 12.7. The summed E-state index contributed by atoms with van der Waals surface area (Å²) in [6.45, 7) is 6.65. The van der Waals surface area contributed by atoms with Crippen LogP contribution in [0.5, 0.6) is 0 Å². The number of ether oxygens (including phenoxy) is 1. The van der Waals surface area contributed by atoms with Gasteiger partial charge < -0.3 is 4.74 Å². The van der Waals surface area contributed by atoms with Gasteiger partial charge in [-0.1, -0.05) is 13.8 Å². The first-order chi connectivity index (χ1) is 8.50. The number of hydrogen-bond acceptors (Lipinski definition) is 2. The fraction of sp³-hybridized carbons (Fsp3) is 0.533. The van der Waals surface area contributed by atoms with Gasteiger partial charge >= 0.3 is 0 Å². The van der Waals surface area contributed by atoms with Gasteiger partial charge in [-0.25, -0.2) is 4.39 Å². The van der Waals surface area contributed by atoms with E-state index in [0.29, 0.717) is 18.1 Å². The van der Waals surface area contributed by atoms with Crippen molar-refractivity contribution >= 4 is 5.78 Å². The molecule has 0 radical (unpaired) electrons. The third-order valence-electron chi connectivity index (χ3n) is 2.79. The van der Waals surface area contributed by atoms with Gasteiger partial charge in [0.25, 0.3) is 0 Å². The highest BCUT2D eigenvalue weighted by atomic mass is 19.1. The van der Waals surface area contributed by atoms with E-state index in [9.17, 15) is 9.18 Å². The Balaban J connectivity index is 2.39. The van der Waals surface area contributed by atoms with Crippen LogP contribution in [0.15, 0.2) is 24.3 Å². The summed E-state index contributed by atoms with van der Waals surface area (Å²) in [5.41, 5.74) is 0.493. The Kier molecular flexibility index (Phi) is 5.99. The molecule has 100 valence electrons. The molecule has 1 rings (SSSR count). The van der Waals surface area contributed by atoms with Crippen molar-refractivity contribution < 1.29 is 13.9 Å². The second kappa shape index (κ2) is 7.27. The van der Waals surface area contributed by atoms with Gasteiger partial charge in [0.1, 0.15) is 11.9 Å². The summed E-state index contributed by atoms with van der Waals surface area (Å²) in [5, 5.41) is 0. The average molecular weight is 252 g/mol. The molecule has 0 aromatic heterocycles. The van der Waals surface area contributed by atoms with Gasteiger partial charge in [0.05, 0.1) is 0 Å². The molecule has 3 heteroatoms. The van der Waals surface area contributed by atoms with Crippen LogP contribution >= 0.6 is 0 Å². The van der Waals surface area contributed by atoms with Gasteiger partial charge in [-0.2, -0.15) is 0 Å². The molecule has 1 aromatic carbocycles. The Bertz CT molecular complexity index is 371. The van der Waals surface area contributed by atoms with Crippen LogP contribution in [0.4, 0.5) is 4.39 Å². The van der Waals surface area contributed by atoms with Gasteiger partial charge in [0.2, 0.25) is 0 Å². The van der Waals surface area contributed by atoms with E-state index in [1.54, 1.807) is 6.92 Å². The number of rotatable bonds is 7. The third-order valence-corrected chi connectivity index (χ3v) is 2.79. The number of ketones is 1. The van der Waals surface area contributed by atoms with E-state index < -0.39 is 6.10 Å². The minimum atomic E-state index is -0.470. The van der Waals surface area contributed by atoms with Crippen molar-refractivity contribution in [3.8, 4) is 0 Å². The van der Waals surface area contributed by atoms with E-state index in [-0.39, 0.29) is 11.6 Å². The number of halogens is 1. The van der Waals surface area contributed by atoms with Crippen LogP contribution in [0.3, 0.4) is 0 Å². The quantitative estimate of drug-likeness (QED) is 0.544. The maximum Gasteiger partial charge on any atom is 0.191 e. The van der Waals surface area contributed by atoms with E-state index in [2.05, 4.69) is 13.8 Å². The normalized spacial score (nSPS) is 12.7. The summed E-state index contributed by atoms with van der Waals surface area (Å²) >= 11 is 0. The molecule has 1 atom stereocenters. The van der Waals surface area contributed by atoms with E-state index in [0.717, 1.165) is 12.8 Å².